The van der Waals surface area contributed by atoms with E-state index in [-0.39, 0.29) is 11.0 Å². The van der Waals surface area contributed by atoms with Crippen molar-refractivity contribution in [2.45, 2.75) is 105 Å². The van der Waals surface area contributed by atoms with E-state index >= 15 is 0 Å². The molecule has 4 saturated carbocycles. The van der Waals surface area contributed by atoms with Crippen molar-refractivity contribution in [1.29, 1.82) is 0 Å². The molecule has 0 bridgehead atoms. The number of alkyl halides is 1. The molecule has 4 aliphatic rings. The first-order valence-corrected chi connectivity index (χ1v) is 16.9. The standard InChI is InChI=1S/C30H46INO3S/c1-5-29-19-18-27(2,35-4)20-22(29)14-17-30(31)25-13-9-10-23(28(25,3)16-15-26(29)30)21-32-36(33,34)24-11-7-6-8-12-24/h6-8,11-12,22-23,25-26,32H,5,9-10,13-21H2,1-4H3/t22-,23-,25-,26-,27-,28-,29+,30-/m1/s1. The van der Waals surface area contributed by atoms with Gasteiger partial charge in [-0.05, 0) is 118 Å². The summed E-state index contributed by atoms with van der Waals surface area (Å²) in [5.41, 5.74) is 0.691. The maximum absolute atomic E-state index is 13.0. The minimum atomic E-state index is -3.47. The third kappa shape index (κ3) is 4.32. The molecule has 1 aromatic rings. The summed E-state index contributed by atoms with van der Waals surface area (Å²) in [5, 5.41) is 0. The number of hydrogen-bond donors (Lipinski definition) is 1. The van der Waals surface area contributed by atoms with Gasteiger partial charge in [-0.15, -0.1) is 0 Å². The fourth-order valence-electron chi connectivity index (χ4n) is 9.63. The maximum Gasteiger partial charge on any atom is 0.240 e. The van der Waals surface area contributed by atoms with Crippen molar-refractivity contribution >= 4 is 32.6 Å². The van der Waals surface area contributed by atoms with Gasteiger partial charge in [0.25, 0.3) is 0 Å². The Bertz CT molecular complexity index is 1050. The second-order valence-electron chi connectivity index (χ2n) is 13.0. The Balaban J connectivity index is 1.38. The summed E-state index contributed by atoms with van der Waals surface area (Å²) in [5.74, 6) is 2.62. The Labute approximate surface area is 233 Å². The van der Waals surface area contributed by atoms with E-state index in [1.54, 1.807) is 24.3 Å². The van der Waals surface area contributed by atoms with Gasteiger partial charge in [-0.1, -0.05) is 61.1 Å². The van der Waals surface area contributed by atoms with Gasteiger partial charge >= 0.3 is 0 Å². The summed E-state index contributed by atoms with van der Waals surface area (Å²) in [6, 6.07) is 8.85. The van der Waals surface area contributed by atoms with Crippen LogP contribution in [0.25, 0.3) is 0 Å². The van der Waals surface area contributed by atoms with Crippen LogP contribution in [0.3, 0.4) is 0 Å². The van der Waals surface area contributed by atoms with E-state index in [4.69, 9.17) is 4.74 Å². The predicted octanol–water partition coefficient (Wildman–Crippen LogP) is 7.37. The number of fused-ring (bicyclic) bond motifs is 5. The number of hydrogen-bond acceptors (Lipinski definition) is 3. The van der Waals surface area contributed by atoms with Crippen molar-refractivity contribution in [2.75, 3.05) is 13.7 Å². The molecule has 4 aliphatic carbocycles. The lowest BCUT2D eigenvalue weighted by molar-refractivity contribution is -0.161. The first-order valence-electron chi connectivity index (χ1n) is 14.3. The smallest absolute Gasteiger partial charge is 0.240 e. The molecule has 202 valence electrons. The van der Waals surface area contributed by atoms with Gasteiger partial charge in [-0.25, -0.2) is 13.1 Å². The number of sulfonamides is 1. The molecule has 4 fully saturated rings. The summed E-state index contributed by atoms with van der Waals surface area (Å²) in [7, 11) is -1.56. The largest absolute Gasteiger partial charge is 0.379 e. The van der Waals surface area contributed by atoms with Gasteiger partial charge in [-0.2, -0.15) is 0 Å². The third-order valence-electron chi connectivity index (χ3n) is 11.8. The second-order valence-corrected chi connectivity index (χ2v) is 16.8. The van der Waals surface area contributed by atoms with Crippen molar-refractivity contribution in [3.05, 3.63) is 30.3 Å². The normalized spacial score (nSPS) is 44.8. The number of ether oxygens (including phenoxy) is 1. The average Bonchev–Trinajstić information content (AvgIpc) is 2.88. The van der Waals surface area contributed by atoms with Crippen LogP contribution in [0.2, 0.25) is 0 Å². The molecule has 6 heteroatoms. The maximum atomic E-state index is 13.0. The van der Waals surface area contributed by atoms with Gasteiger partial charge in [0.1, 0.15) is 0 Å². The first-order chi connectivity index (χ1) is 17.0. The van der Waals surface area contributed by atoms with Crippen molar-refractivity contribution in [2.24, 2.45) is 34.5 Å². The van der Waals surface area contributed by atoms with Gasteiger partial charge < -0.3 is 4.74 Å². The highest BCUT2D eigenvalue weighted by Gasteiger charge is 2.66. The Morgan fingerprint density at radius 3 is 2.44 bits per heavy atom. The van der Waals surface area contributed by atoms with E-state index in [1.165, 1.54) is 64.2 Å². The minimum Gasteiger partial charge on any atom is -0.379 e. The lowest BCUT2D eigenvalue weighted by atomic mass is 9.40. The van der Waals surface area contributed by atoms with Gasteiger partial charge in [0.05, 0.1) is 10.5 Å². The van der Waals surface area contributed by atoms with Crippen LogP contribution in [-0.4, -0.2) is 31.1 Å². The molecule has 4 nitrogen and oxygen atoms in total. The summed E-state index contributed by atoms with van der Waals surface area (Å²) in [4.78, 5) is 0.375. The Kier molecular flexibility index (Phi) is 7.44. The van der Waals surface area contributed by atoms with Crippen LogP contribution in [0.1, 0.15) is 91.4 Å². The van der Waals surface area contributed by atoms with Crippen LogP contribution in [-0.2, 0) is 14.8 Å². The minimum absolute atomic E-state index is 0.0453. The van der Waals surface area contributed by atoms with Crippen LogP contribution in [0.15, 0.2) is 35.2 Å². The van der Waals surface area contributed by atoms with Crippen molar-refractivity contribution < 1.29 is 13.2 Å². The van der Waals surface area contributed by atoms with Gasteiger partial charge in [0.15, 0.2) is 0 Å². The quantitative estimate of drug-likeness (QED) is 0.265. The van der Waals surface area contributed by atoms with Crippen LogP contribution in [0, 0.1) is 34.5 Å². The van der Waals surface area contributed by atoms with E-state index in [0.717, 1.165) is 18.3 Å². The van der Waals surface area contributed by atoms with E-state index < -0.39 is 10.0 Å². The van der Waals surface area contributed by atoms with Crippen LogP contribution in [0.4, 0.5) is 0 Å². The number of benzene rings is 1. The van der Waals surface area contributed by atoms with Crippen molar-refractivity contribution in [3.8, 4) is 0 Å². The average molecular weight is 628 g/mol. The van der Waals surface area contributed by atoms with E-state index in [1.807, 2.05) is 13.2 Å². The molecule has 1 N–H and O–H groups in total. The summed E-state index contributed by atoms with van der Waals surface area (Å²) < 4.78 is 35.4. The fourth-order valence-corrected chi connectivity index (χ4v) is 13.0. The summed E-state index contributed by atoms with van der Waals surface area (Å²) in [6.45, 7) is 7.87. The molecule has 0 aliphatic heterocycles. The molecule has 0 unspecified atom stereocenters. The molecule has 0 radical (unpaired) electrons. The van der Waals surface area contributed by atoms with Gasteiger partial charge in [0.2, 0.25) is 10.0 Å². The molecule has 0 heterocycles. The molecular weight excluding hydrogens is 581 g/mol. The highest BCUT2D eigenvalue weighted by Crippen LogP contribution is 2.72. The van der Waals surface area contributed by atoms with Crippen molar-refractivity contribution in [1.82, 2.24) is 4.72 Å². The highest BCUT2D eigenvalue weighted by molar-refractivity contribution is 14.1. The predicted molar refractivity (Wildman–Crippen MR) is 155 cm³/mol. The SMILES string of the molecule is CC[C@]12CC[C@@](C)(OC)C[C@H]1CC[C@@]1(I)[C@@H]3CCC[C@H](CNS(=O)(=O)c4ccccc4)[C@@]3(C)CC[C@@H]12. The second kappa shape index (κ2) is 9.78. The molecular formula is C30H46INO3S. The molecule has 0 amide bonds. The molecule has 0 aromatic heterocycles. The molecule has 36 heavy (non-hydrogen) atoms. The molecule has 8 atom stereocenters. The Hall–Kier alpha value is -0.180. The zero-order valence-electron chi connectivity index (χ0n) is 22.7. The topological polar surface area (TPSA) is 55.4 Å². The third-order valence-corrected chi connectivity index (χ3v) is 15.3. The Morgan fingerprint density at radius 1 is 1.00 bits per heavy atom. The molecule has 0 spiro atoms. The summed E-state index contributed by atoms with van der Waals surface area (Å²) in [6.07, 6.45) is 13.8. The number of rotatable bonds is 6. The van der Waals surface area contributed by atoms with Gasteiger partial charge in [0, 0.05) is 17.1 Å². The van der Waals surface area contributed by atoms with Crippen LogP contribution in [0.5, 0.6) is 0 Å². The molecule has 1 aromatic carbocycles. The van der Waals surface area contributed by atoms with Crippen LogP contribution < -0.4 is 4.72 Å². The van der Waals surface area contributed by atoms with E-state index in [9.17, 15) is 8.42 Å². The van der Waals surface area contributed by atoms with Crippen molar-refractivity contribution in [3.63, 3.8) is 0 Å². The number of halogens is 1. The lowest BCUT2D eigenvalue weighted by Crippen LogP contribution is -2.65. The lowest BCUT2D eigenvalue weighted by Gasteiger charge is -2.69. The van der Waals surface area contributed by atoms with Crippen LogP contribution >= 0.6 is 22.6 Å². The first kappa shape index (κ1) is 27.4. The number of nitrogens with one attached hydrogen (secondary N) is 1. The molecule has 5 rings (SSSR count). The monoisotopic (exact) mass is 627 g/mol. The Morgan fingerprint density at radius 2 is 1.75 bits per heavy atom. The van der Waals surface area contributed by atoms with E-state index in [0.29, 0.717) is 32.1 Å². The zero-order valence-corrected chi connectivity index (χ0v) is 25.7. The number of methoxy groups -OCH3 is 1. The molecule has 0 saturated heterocycles. The fraction of sp³-hybridized carbons (Fsp3) is 0.800. The van der Waals surface area contributed by atoms with Gasteiger partial charge in [-0.3, -0.25) is 0 Å². The van der Waals surface area contributed by atoms with E-state index in [2.05, 4.69) is 48.1 Å². The summed E-state index contributed by atoms with van der Waals surface area (Å²) >= 11 is 2.95. The highest BCUT2D eigenvalue weighted by atomic mass is 127. The zero-order chi connectivity index (χ0) is 25.8.